The van der Waals surface area contributed by atoms with E-state index in [1.54, 1.807) is 13.0 Å². The maximum Gasteiger partial charge on any atom is 0.152 e. The van der Waals surface area contributed by atoms with Gasteiger partial charge in [0, 0.05) is 12.6 Å². The Hall–Kier alpha value is -0.630. The van der Waals surface area contributed by atoms with E-state index in [9.17, 15) is 4.79 Å². The van der Waals surface area contributed by atoms with Gasteiger partial charge in [0.1, 0.15) is 0 Å². The number of likely N-dealkylation sites (tertiary alicyclic amines) is 1. The van der Waals surface area contributed by atoms with Crippen molar-refractivity contribution >= 4 is 5.78 Å². The molecule has 0 spiro atoms. The minimum absolute atomic E-state index is 0.142. The SMILES string of the molecule is CC(=O)/C=C/C1CC(C)CN1C. The summed E-state index contributed by atoms with van der Waals surface area (Å²) in [4.78, 5) is 13.0. The van der Waals surface area contributed by atoms with Crippen LogP contribution in [0.4, 0.5) is 0 Å². The number of hydrogen-bond donors (Lipinski definition) is 0. The minimum Gasteiger partial charge on any atom is -0.300 e. The average molecular weight is 167 g/mol. The fourth-order valence-electron chi connectivity index (χ4n) is 1.77. The molecule has 0 N–H and O–H groups in total. The van der Waals surface area contributed by atoms with Crippen LogP contribution in [0.2, 0.25) is 0 Å². The van der Waals surface area contributed by atoms with Crippen LogP contribution in [0.5, 0.6) is 0 Å². The van der Waals surface area contributed by atoms with Gasteiger partial charge in [0.15, 0.2) is 5.78 Å². The molecular weight excluding hydrogens is 150 g/mol. The van der Waals surface area contributed by atoms with Gasteiger partial charge in [-0.2, -0.15) is 0 Å². The summed E-state index contributed by atoms with van der Waals surface area (Å²) in [6.07, 6.45) is 4.88. The molecule has 0 saturated carbocycles. The summed E-state index contributed by atoms with van der Waals surface area (Å²) in [5.74, 6) is 0.902. The third-order valence-electron chi connectivity index (χ3n) is 2.36. The van der Waals surface area contributed by atoms with E-state index < -0.39 is 0 Å². The molecule has 0 amide bonds. The van der Waals surface area contributed by atoms with Gasteiger partial charge in [-0.1, -0.05) is 13.0 Å². The number of carbonyl (C=O) groups excluding carboxylic acids is 1. The number of allylic oxidation sites excluding steroid dienone is 1. The average Bonchev–Trinajstić information content (AvgIpc) is 2.26. The summed E-state index contributed by atoms with van der Waals surface area (Å²) >= 11 is 0. The van der Waals surface area contributed by atoms with Crippen LogP contribution in [0.15, 0.2) is 12.2 Å². The van der Waals surface area contributed by atoms with Crippen LogP contribution in [0, 0.1) is 5.92 Å². The van der Waals surface area contributed by atoms with Crippen molar-refractivity contribution in [3.05, 3.63) is 12.2 Å². The summed E-state index contributed by atoms with van der Waals surface area (Å²) in [6, 6.07) is 0.476. The van der Waals surface area contributed by atoms with E-state index in [-0.39, 0.29) is 5.78 Å². The molecule has 1 fully saturated rings. The lowest BCUT2D eigenvalue weighted by molar-refractivity contribution is -0.112. The number of carbonyl (C=O) groups is 1. The Morgan fingerprint density at radius 3 is 2.67 bits per heavy atom. The van der Waals surface area contributed by atoms with Crippen molar-refractivity contribution < 1.29 is 4.79 Å². The molecule has 1 aliphatic heterocycles. The fourth-order valence-corrected chi connectivity index (χ4v) is 1.77. The Bertz CT molecular complexity index is 198. The first-order valence-corrected chi connectivity index (χ1v) is 4.48. The molecule has 2 nitrogen and oxygen atoms in total. The van der Waals surface area contributed by atoms with Gasteiger partial charge in [-0.25, -0.2) is 0 Å². The standard InChI is InChI=1S/C10H17NO/c1-8-6-10(11(3)7-8)5-4-9(2)12/h4-5,8,10H,6-7H2,1-3H3/b5-4+. The molecule has 12 heavy (non-hydrogen) atoms. The molecular formula is C10H17NO. The first-order chi connectivity index (χ1) is 5.59. The maximum atomic E-state index is 10.7. The predicted molar refractivity (Wildman–Crippen MR) is 50.0 cm³/mol. The smallest absolute Gasteiger partial charge is 0.152 e. The van der Waals surface area contributed by atoms with Gasteiger partial charge in [-0.05, 0) is 32.4 Å². The van der Waals surface area contributed by atoms with Crippen molar-refractivity contribution in [1.29, 1.82) is 0 Å². The number of nitrogens with zero attached hydrogens (tertiary/aromatic N) is 1. The van der Waals surface area contributed by atoms with Gasteiger partial charge in [-0.15, -0.1) is 0 Å². The molecule has 0 aromatic carbocycles. The molecule has 2 unspecified atom stereocenters. The van der Waals surface area contributed by atoms with Crippen molar-refractivity contribution in [1.82, 2.24) is 4.90 Å². The highest BCUT2D eigenvalue weighted by Crippen LogP contribution is 2.21. The lowest BCUT2D eigenvalue weighted by Gasteiger charge is -2.14. The Labute approximate surface area is 74.2 Å². The molecule has 0 bridgehead atoms. The second-order valence-electron chi connectivity index (χ2n) is 3.82. The van der Waals surface area contributed by atoms with Crippen LogP contribution in [0.1, 0.15) is 20.3 Å². The highest BCUT2D eigenvalue weighted by Gasteiger charge is 2.23. The predicted octanol–water partition coefficient (Wildman–Crippen LogP) is 1.47. The third-order valence-corrected chi connectivity index (χ3v) is 2.36. The Morgan fingerprint density at radius 1 is 1.58 bits per heavy atom. The molecule has 0 aromatic heterocycles. The molecule has 1 saturated heterocycles. The van der Waals surface area contributed by atoms with Gasteiger partial charge in [0.05, 0.1) is 0 Å². The van der Waals surface area contributed by atoms with Gasteiger partial charge >= 0.3 is 0 Å². The van der Waals surface area contributed by atoms with Crippen molar-refractivity contribution in [2.45, 2.75) is 26.3 Å². The fraction of sp³-hybridized carbons (Fsp3) is 0.700. The number of hydrogen-bond acceptors (Lipinski definition) is 2. The lowest BCUT2D eigenvalue weighted by atomic mass is 10.1. The molecule has 68 valence electrons. The third kappa shape index (κ3) is 2.45. The van der Waals surface area contributed by atoms with Crippen molar-refractivity contribution in [3.8, 4) is 0 Å². The topological polar surface area (TPSA) is 20.3 Å². The molecule has 1 aliphatic rings. The largest absolute Gasteiger partial charge is 0.300 e. The quantitative estimate of drug-likeness (QED) is 0.580. The van der Waals surface area contributed by atoms with Crippen LogP contribution < -0.4 is 0 Å². The van der Waals surface area contributed by atoms with E-state index in [0.29, 0.717) is 6.04 Å². The molecule has 0 radical (unpaired) electrons. The van der Waals surface area contributed by atoms with Crippen LogP contribution >= 0.6 is 0 Å². The summed E-state index contributed by atoms with van der Waals surface area (Å²) in [7, 11) is 2.11. The van der Waals surface area contributed by atoms with Crippen molar-refractivity contribution in [2.24, 2.45) is 5.92 Å². The zero-order chi connectivity index (χ0) is 9.14. The molecule has 2 atom stereocenters. The zero-order valence-electron chi connectivity index (χ0n) is 8.08. The first-order valence-electron chi connectivity index (χ1n) is 4.48. The zero-order valence-corrected chi connectivity index (χ0v) is 8.08. The van der Waals surface area contributed by atoms with E-state index >= 15 is 0 Å². The van der Waals surface area contributed by atoms with E-state index in [1.165, 1.54) is 6.42 Å². The Kier molecular flexibility index (Phi) is 3.04. The van der Waals surface area contributed by atoms with E-state index in [1.807, 2.05) is 6.08 Å². The molecule has 0 aliphatic carbocycles. The first kappa shape index (κ1) is 9.46. The normalized spacial score (nSPS) is 31.6. The molecule has 2 heteroatoms. The Morgan fingerprint density at radius 2 is 2.25 bits per heavy atom. The van der Waals surface area contributed by atoms with Gasteiger partial charge < -0.3 is 0 Å². The van der Waals surface area contributed by atoms with Crippen molar-refractivity contribution in [2.75, 3.05) is 13.6 Å². The second kappa shape index (κ2) is 3.85. The van der Waals surface area contributed by atoms with Crippen LogP contribution in [-0.4, -0.2) is 30.3 Å². The molecule has 0 aromatic rings. The number of likely N-dealkylation sites (N-methyl/N-ethyl adjacent to an activating group) is 1. The van der Waals surface area contributed by atoms with Crippen molar-refractivity contribution in [3.63, 3.8) is 0 Å². The number of ketones is 1. The molecule has 1 rings (SSSR count). The highest BCUT2D eigenvalue weighted by atomic mass is 16.1. The second-order valence-corrected chi connectivity index (χ2v) is 3.82. The van der Waals surface area contributed by atoms with Gasteiger partial charge in [-0.3, -0.25) is 9.69 Å². The lowest BCUT2D eigenvalue weighted by Crippen LogP contribution is -2.22. The monoisotopic (exact) mass is 167 g/mol. The van der Waals surface area contributed by atoms with Crippen LogP contribution in [0.25, 0.3) is 0 Å². The number of rotatable bonds is 2. The molecule has 1 heterocycles. The Balaban J connectivity index is 2.48. The van der Waals surface area contributed by atoms with Gasteiger partial charge in [0.25, 0.3) is 0 Å². The summed E-state index contributed by atoms with van der Waals surface area (Å²) in [5.41, 5.74) is 0. The maximum absolute atomic E-state index is 10.7. The summed E-state index contributed by atoms with van der Waals surface area (Å²) in [5, 5.41) is 0. The van der Waals surface area contributed by atoms with E-state index in [4.69, 9.17) is 0 Å². The summed E-state index contributed by atoms with van der Waals surface area (Å²) < 4.78 is 0. The highest BCUT2D eigenvalue weighted by molar-refractivity contribution is 5.87. The van der Waals surface area contributed by atoms with E-state index in [2.05, 4.69) is 18.9 Å². The minimum atomic E-state index is 0.142. The summed E-state index contributed by atoms with van der Waals surface area (Å²) in [6.45, 7) is 4.99. The van der Waals surface area contributed by atoms with Crippen LogP contribution in [-0.2, 0) is 4.79 Å². The van der Waals surface area contributed by atoms with E-state index in [0.717, 1.165) is 12.5 Å². The van der Waals surface area contributed by atoms with Gasteiger partial charge in [0.2, 0.25) is 0 Å². The van der Waals surface area contributed by atoms with Crippen LogP contribution in [0.3, 0.4) is 0 Å².